The lowest BCUT2D eigenvalue weighted by Gasteiger charge is -2.28. The number of benzene rings is 1. The summed E-state index contributed by atoms with van der Waals surface area (Å²) < 4.78 is 44.8. The molecule has 0 saturated carbocycles. The molecule has 1 saturated heterocycles. The SMILES string of the molecule is CC(C)c1ccc(CN2CCOCC2)c(C(F)(F)F)c1. The van der Waals surface area contributed by atoms with Gasteiger partial charge in [-0.25, -0.2) is 0 Å². The molecule has 2 nitrogen and oxygen atoms in total. The fourth-order valence-corrected chi connectivity index (χ4v) is 2.36. The monoisotopic (exact) mass is 287 g/mol. The molecule has 1 fully saturated rings. The van der Waals surface area contributed by atoms with Crippen LogP contribution in [0.2, 0.25) is 0 Å². The van der Waals surface area contributed by atoms with Crippen LogP contribution in [0.3, 0.4) is 0 Å². The van der Waals surface area contributed by atoms with Gasteiger partial charge < -0.3 is 4.74 Å². The van der Waals surface area contributed by atoms with Gasteiger partial charge in [-0.1, -0.05) is 26.0 Å². The topological polar surface area (TPSA) is 12.5 Å². The number of rotatable bonds is 3. The Balaban J connectivity index is 2.26. The van der Waals surface area contributed by atoms with Gasteiger partial charge in [-0.2, -0.15) is 13.2 Å². The number of halogens is 3. The zero-order valence-corrected chi connectivity index (χ0v) is 11.8. The first-order valence-corrected chi connectivity index (χ1v) is 6.88. The van der Waals surface area contributed by atoms with Crippen LogP contribution in [-0.2, 0) is 17.5 Å². The van der Waals surface area contributed by atoms with E-state index in [-0.39, 0.29) is 5.92 Å². The molecule has 112 valence electrons. The summed E-state index contributed by atoms with van der Waals surface area (Å²) in [6.07, 6.45) is -4.30. The van der Waals surface area contributed by atoms with E-state index in [0.29, 0.717) is 38.4 Å². The molecule has 0 radical (unpaired) electrons. The third-order valence-corrected chi connectivity index (χ3v) is 3.60. The van der Waals surface area contributed by atoms with Crippen molar-refractivity contribution in [3.63, 3.8) is 0 Å². The first-order valence-electron chi connectivity index (χ1n) is 6.88. The van der Waals surface area contributed by atoms with Gasteiger partial charge in [0.15, 0.2) is 0 Å². The maximum absolute atomic E-state index is 13.2. The van der Waals surface area contributed by atoms with E-state index in [4.69, 9.17) is 4.74 Å². The van der Waals surface area contributed by atoms with E-state index in [1.165, 1.54) is 6.07 Å². The molecule has 0 N–H and O–H groups in total. The summed E-state index contributed by atoms with van der Waals surface area (Å²) in [6, 6.07) is 4.71. The van der Waals surface area contributed by atoms with Gasteiger partial charge in [0.1, 0.15) is 0 Å². The summed E-state index contributed by atoms with van der Waals surface area (Å²) in [5.41, 5.74) is 0.571. The number of hydrogen-bond donors (Lipinski definition) is 0. The largest absolute Gasteiger partial charge is 0.416 e. The summed E-state index contributed by atoms with van der Waals surface area (Å²) in [4.78, 5) is 2.00. The van der Waals surface area contributed by atoms with Crippen molar-refractivity contribution >= 4 is 0 Å². The van der Waals surface area contributed by atoms with Gasteiger partial charge in [-0.05, 0) is 23.1 Å². The predicted octanol–water partition coefficient (Wildman–Crippen LogP) is 3.66. The van der Waals surface area contributed by atoms with Gasteiger partial charge >= 0.3 is 6.18 Å². The molecule has 2 rings (SSSR count). The molecule has 0 unspecified atom stereocenters. The molecule has 1 heterocycles. The second-order valence-electron chi connectivity index (χ2n) is 5.46. The predicted molar refractivity (Wildman–Crippen MR) is 71.6 cm³/mol. The lowest BCUT2D eigenvalue weighted by atomic mass is 9.96. The van der Waals surface area contributed by atoms with Crippen molar-refractivity contribution in [2.45, 2.75) is 32.5 Å². The number of nitrogens with zero attached hydrogens (tertiary/aromatic N) is 1. The Bertz CT molecular complexity index is 451. The van der Waals surface area contributed by atoms with E-state index in [9.17, 15) is 13.2 Å². The lowest BCUT2D eigenvalue weighted by Crippen LogP contribution is -2.36. The molecule has 0 amide bonds. The molecule has 0 atom stereocenters. The van der Waals surface area contributed by atoms with Crippen LogP contribution in [0.15, 0.2) is 18.2 Å². The average molecular weight is 287 g/mol. The molecule has 1 aliphatic heterocycles. The van der Waals surface area contributed by atoms with Crippen molar-refractivity contribution < 1.29 is 17.9 Å². The summed E-state index contributed by atoms with van der Waals surface area (Å²) in [5.74, 6) is 0.0912. The number of ether oxygens (including phenoxy) is 1. The highest BCUT2D eigenvalue weighted by Crippen LogP contribution is 2.34. The molecule has 0 aliphatic carbocycles. The van der Waals surface area contributed by atoms with Crippen molar-refractivity contribution in [1.82, 2.24) is 4.90 Å². The van der Waals surface area contributed by atoms with E-state index in [1.807, 2.05) is 18.7 Å². The van der Waals surface area contributed by atoms with Gasteiger partial charge in [-0.3, -0.25) is 4.90 Å². The molecule has 1 aromatic carbocycles. The van der Waals surface area contributed by atoms with Crippen LogP contribution in [0.4, 0.5) is 13.2 Å². The Morgan fingerprint density at radius 2 is 1.85 bits per heavy atom. The number of hydrogen-bond acceptors (Lipinski definition) is 2. The van der Waals surface area contributed by atoms with Crippen LogP contribution in [-0.4, -0.2) is 31.2 Å². The van der Waals surface area contributed by atoms with Crippen molar-refractivity contribution in [1.29, 1.82) is 0 Å². The Morgan fingerprint density at radius 3 is 2.40 bits per heavy atom. The van der Waals surface area contributed by atoms with Crippen molar-refractivity contribution in [2.24, 2.45) is 0 Å². The third kappa shape index (κ3) is 3.73. The summed E-state index contributed by atoms with van der Waals surface area (Å²) >= 11 is 0. The summed E-state index contributed by atoms with van der Waals surface area (Å²) in [5, 5.41) is 0. The minimum absolute atomic E-state index is 0.0912. The minimum atomic E-state index is -4.30. The maximum Gasteiger partial charge on any atom is 0.416 e. The lowest BCUT2D eigenvalue weighted by molar-refractivity contribution is -0.138. The molecule has 20 heavy (non-hydrogen) atoms. The van der Waals surface area contributed by atoms with Crippen LogP contribution >= 0.6 is 0 Å². The molecule has 5 heteroatoms. The van der Waals surface area contributed by atoms with Gasteiger partial charge in [0, 0.05) is 19.6 Å². The second kappa shape index (κ2) is 6.14. The van der Waals surface area contributed by atoms with Gasteiger partial charge in [0.2, 0.25) is 0 Å². The molecular formula is C15H20F3NO. The van der Waals surface area contributed by atoms with Gasteiger partial charge in [0.25, 0.3) is 0 Å². The molecule has 0 bridgehead atoms. The minimum Gasteiger partial charge on any atom is -0.379 e. The first-order chi connectivity index (χ1) is 9.38. The number of morpholine rings is 1. The van der Waals surface area contributed by atoms with Crippen LogP contribution in [0, 0.1) is 0 Å². The molecule has 0 aromatic heterocycles. The highest BCUT2D eigenvalue weighted by molar-refractivity contribution is 5.35. The fourth-order valence-electron chi connectivity index (χ4n) is 2.36. The van der Waals surface area contributed by atoms with E-state index >= 15 is 0 Å². The van der Waals surface area contributed by atoms with Crippen LogP contribution in [0.25, 0.3) is 0 Å². The Labute approximate surface area is 117 Å². The molecular weight excluding hydrogens is 267 g/mol. The fraction of sp³-hybridized carbons (Fsp3) is 0.600. The van der Waals surface area contributed by atoms with Crippen molar-refractivity contribution in [2.75, 3.05) is 26.3 Å². The normalized spacial score (nSPS) is 17.7. The Morgan fingerprint density at radius 1 is 1.20 bits per heavy atom. The first kappa shape index (κ1) is 15.3. The van der Waals surface area contributed by atoms with Crippen molar-refractivity contribution in [3.8, 4) is 0 Å². The van der Waals surface area contributed by atoms with Crippen LogP contribution in [0.1, 0.15) is 36.5 Å². The maximum atomic E-state index is 13.2. The Hall–Kier alpha value is -1.07. The smallest absolute Gasteiger partial charge is 0.379 e. The van der Waals surface area contributed by atoms with Gasteiger partial charge in [0.05, 0.1) is 18.8 Å². The van der Waals surface area contributed by atoms with E-state index < -0.39 is 11.7 Å². The third-order valence-electron chi connectivity index (χ3n) is 3.60. The molecule has 1 aromatic rings. The Kier molecular flexibility index (Phi) is 4.70. The molecule has 1 aliphatic rings. The highest BCUT2D eigenvalue weighted by Gasteiger charge is 2.34. The van der Waals surface area contributed by atoms with Gasteiger partial charge in [-0.15, -0.1) is 0 Å². The van der Waals surface area contributed by atoms with E-state index in [1.54, 1.807) is 12.1 Å². The van der Waals surface area contributed by atoms with Crippen LogP contribution < -0.4 is 0 Å². The number of alkyl halides is 3. The van der Waals surface area contributed by atoms with E-state index in [0.717, 1.165) is 5.56 Å². The van der Waals surface area contributed by atoms with E-state index in [2.05, 4.69) is 0 Å². The zero-order valence-electron chi connectivity index (χ0n) is 11.8. The average Bonchev–Trinajstić information content (AvgIpc) is 2.39. The zero-order chi connectivity index (χ0) is 14.8. The van der Waals surface area contributed by atoms with Crippen LogP contribution in [0.5, 0.6) is 0 Å². The van der Waals surface area contributed by atoms with Crippen molar-refractivity contribution in [3.05, 3.63) is 34.9 Å². The quantitative estimate of drug-likeness (QED) is 0.841. The molecule has 0 spiro atoms. The highest BCUT2D eigenvalue weighted by atomic mass is 19.4. The summed E-state index contributed by atoms with van der Waals surface area (Å²) in [7, 11) is 0. The summed E-state index contributed by atoms with van der Waals surface area (Å²) in [6.45, 7) is 6.67. The standard InChI is InChI=1S/C15H20F3NO/c1-11(2)12-3-4-13(14(9-12)15(16,17)18)10-19-5-7-20-8-6-19/h3-4,9,11H,5-8,10H2,1-2H3. The second-order valence-corrected chi connectivity index (χ2v) is 5.46.